The number of nitrogens with one attached hydrogen (secondary N) is 1. The number of hydrogen-bond donors (Lipinski definition) is 1. The van der Waals surface area contributed by atoms with E-state index in [0.29, 0.717) is 0 Å². The molecule has 56 valence electrons. The first-order valence-electron chi connectivity index (χ1n) is 3.56. The number of terminal acetylenes is 1. The van der Waals surface area contributed by atoms with Crippen molar-refractivity contribution in [3.63, 3.8) is 0 Å². The van der Waals surface area contributed by atoms with Crippen LogP contribution in [0, 0.1) is 19.3 Å². The van der Waals surface area contributed by atoms with Crippen LogP contribution < -0.4 is 10.6 Å². The average molecular weight is 145 g/mol. The number of hydrogen-bond acceptors (Lipinski definition) is 0. The molecular formula is C10H11N. The number of aromatic amines is 1. The zero-order valence-corrected chi connectivity index (χ0v) is 6.81. The van der Waals surface area contributed by atoms with Crippen LogP contribution >= 0.6 is 0 Å². The van der Waals surface area contributed by atoms with Gasteiger partial charge >= 0.3 is 0 Å². The second kappa shape index (κ2) is 3.12. The minimum Gasteiger partial charge on any atom is -0.358 e. The van der Waals surface area contributed by atoms with Gasteiger partial charge in [-0.15, -0.1) is 6.42 Å². The van der Waals surface area contributed by atoms with Crippen molar-refractivity contribution in [1.29, 1.82) is 0 Å². The number of rotatable bonds is 0. The van der Waals surface area contributed by atoms with Crippen LogP contribution in [-0.4, -0.2) is 4.98 Å². The predicted octanol–water partition coefficient (Wildman–Crippen LogP) is 0.537. The van der Waals surface area contributed by atoms with Crippen molar-refractivity contribution in [2.45, 2.75) is 13.8 Å². The highest BCUT2D eigenvalue weighted by Crippen LogP contribution is 1.78. The van der Waals surface area contributed by atoms with Crippen molar-refractivity contribution in [3.05, 3.63) is 22.3 Å². The Hall–Kier alpha value is -1.42. The minimum absolute atomic E-state index is 1.02. The molecule has 0 aliphatic heterocycles. The quantitative estimate of drug-likeness (QED) is 0.513. The minimum atomic E-state index is 1.02. The second-order valence-electron chi connectivity index (χ2n) is 2.42. The molecule has 1 aromatic heterocycles. The van der Waals surface area contributed by atoms with Crippen LogP contribution in [0.25, 0.3) is 12.2 Å². The first-order valence-corrected chi connectivity index (χ1v) is 3.56. The van der Waals surface area contributed by atoms with E-state index in [1.165, 1.54) is 5.22 Å². The van der Waals surface area contributed by atoms with E-state index in [-0.39, 0.29) is 0 Å². The summed E-state index contributed by atoms with van der Waals surface area (Å²) in [5.41, 5.74) is 1.14. The van der Waals surface area contributed by atoms with Gasteiger partial charge < -0.3 is 4.98 Å². The normalized spacial score (nSPS) is 13.5. The van der Waals surface area contributed by atoms with E-state index < -0.39 is 0 Å². The molecule has 0 radical (unpaired) electrons. The van der Waals surface area contributed by atoms with Gasteiger partial charge in [-0.05, 0) is 25.1 Å². The smallest absolute Gasteiger partial charge is 0.0537 e. The third-order valence-corrected chi connectivity index (χ3v) is 1.55. The van der Waals surface area contributed by atoms with Crippen molar-refractivity contribution in [2.24, 2.45) is 0 Å². The zero-order valence-electron chi connectivity index (χ0n) is 6.81. The van der Waals surface area contributed by atoms with Crippen LogP contribution in [0.4, 0.5) is 0 Å². The lowest BCUT2D eigenvalue weighted by atomic mass is 10.3. The molecule has 0 unspecified atom stereocenters. The fourth-order valence-corrected chi connectivity index (χ4v) is 1.07. The molecule has 1 nitrogen and oxygen atoms in total. The molecule has 0 bridgehead atoms. The van der Waals surface area contributed by atoms with E-state index in [1.54, 1.807) is 6.08 Å². The molecule has 0 aromatic carbocycles. The van der Waals surface area contributed by atoms with Crippen LogP contribution in [0.3, 0.4) is 0 Å². The first-order chi connectivity index (χ1) is 5.27. The van der Waals surface area contributed by atoms with Gasteiger partial charge in [0.25, 0.3) is 0 Å². The van der Waals surface area contributed by atoms with E-state index in [0.717, 1.165) is 11.0 Å². The Morgan fingerprint density at radius 2 is 2.36 bits per heavy atom. The lowest BCUT2D eigenvalue weighted by molar-refractivity contribution is 1.22. The molecule has 0 atom stereocenters. The van der Waals surface area contributed by atoms with Crippen molar-refractivity contribution in [2.75, 3.05) is 0 Å². The summed E-state index contributed by atoms with van der Waals surface area (Å²) in [7, 11) is 0. The highest BCUT2D eigenvalue weighted by molar-refractivity contribution is 5.43. The molecule has 1 rings (SSSR count). The molecule has 0 spiro atoms. The molecule has 11 heavy (non-hydrogen) atoms. The SMILES string of the molecule is C#C/C=c1/[nH]c(C)c/c1=C/C. The lowest BCUT2D eigenvalue weighted by Crippen LogP contribution is -2.20. The first kappa shape index (κ1) is 7.68. The Kier molecular flexibility index (Phi) is 2.18. The van der Waals surface area contributed by atoms with Gasteiger partial charge in [-0.2, -0.15) is 0 Å². The molecule has 0 amide bonds. The van der Waals surface area contributed by atoms with Crippen LogP contribution in [0.2, 0.25) is 0 Å². The molecule has 1 aromatic rings. The van der Waals surface area contributed by atoms with Crippen LogP contribution in [0.15, 0.2) is 6.07 Å². The Morgan fingerprint density at radius 3 is 2.91 bits per heavy atom. The summed E-state index contributed by atoms with van der Waals surface area (Å²) in [6.45, 7) is 4.01. The Bertz CT molecular complexity index is 387. The van der Waals surface area contributed by atoms with E-state index >= 15 is 0 Å². The fourth-order valence-electron chi connectivity index (χ4n) is 1.07. The van der Waals surface area contributed by atoms with Gasteiger partial charge in [-0.1, -0.05) is 12.0 Å². The summed E-state index contributed by atoms with van der Waals surface area (Å²) in [6, 6.07) is 2.07. The fraction of sp³-hybridized carbons (Fsp3) is 0.200. The number of H-pyrrole nitrogens is 1. The van der Waals surface area contributed by atoms with Gasteiger partial charge in [0.05, 0.1) is 5.35 Å². The van der Waals surface area contributed by atoms with Crippen molar-refractivity contribution >= 4 is 12.2 Å². The Labute approximate surface area is 66.5 Å². The maximum absolute atomic E-state index is 5.15. The number of aromatic nitrogens is 1. The number of aryl methyl sites for hydroxylation is 1. The highest BCUT2D eigenvalue weighted by atomic mass is 14.7. The molecule has 0 aliphatic carbocycles. The molecule has 0 aliphatic rings. The van der Waals surface area contributed by atoms with Gasteiger partial charge in [-0.3, -0.25) is 0 Å². The summed E-state index contributed by atoms with van der Waals surface area (Å²) >= 11 is 0. The molecule has 1 heteroatoms. The summed E-state index contributed by atoms with van der Waals surface area (Å²) in [5.74, 6) is 2.50. The summed E-state index contributed by atoms with van der Waals surface area (Å²) in [5, 5.41) is 2.19. The molecule has 0 saturated carbocycles. The largest absolute Gasteiger partial charge is 0.358 e. The van der Waals surface area contributed by atoms with Crippen molar-refractivity contribution in [3.8, 4) is 12.3 Å². The summed E-state index contributed by atoms with van der Waals surface area (Å²) < 4.78 is 0. The van der Waals surface area contributed by atoms with E-state index in [1.807, 2.05) is 19.9 Å². The third-order valence-electron chi connectivity index (χ3n) is 1.55. The molecular weight excluding hydrogens is 134 g/mol. The lowest BCUT2D eigenvalue weighted by Gasteiger charge is -1.75. The summed E-state index contributed by atoms with van der Waals surface area (Å²) in [4.78, 5) is 3.17. The van der Waals surface area contributed by atoms with Gasteiger partial charge in [0.2, 0.25) is 0 Å². The molecule has 0 fully saturated rings. The monoisotopic (exact) mass is 145 g/mol. The van der Waals surface area contributed by atoms with E-state index in [2.05, 4.69) is 17.0 Å². The maximum Gasteiger partial charge on any atom is 0.0537 e. The molecule has 0 saturated heterocycles. The van der Waals surface area contributed by atoms with Gasteiger partial charge in [0, 0.05) is 11.8 Å². The van der Waals surface area contributed by atoms with Crippen LogP contribution in [-0.2, 0) is 0 Å². The molecule has 1 N–H and O–H groups in total. The summed E-state index contributed by atoms with van der Waals surface area (Å²) in [6.07, 6.45) is 8.93. The Morgan fingerprint density at radius 1 is 1.64 bits per heavy atom. The van der Waals surface area contributed by atoms with Crippen molar-refractivity contribution in [1.82, 2.24) is 4.98 Å². The van der Waals surface area contributed by atoms with Gasteiger partial charge in [0.15, 0.2) is 0 Å². The topological polar surface area (TPSA) is 15.8 Å². The zero-order chi connectivity index (χ0) is 8.27. The predicted molar refractivity (Wildman–Crippen MR) is 48.2 cm³/mol. The second-order valence-corrected chi connectivity index (χ2v) is 2.42. The Balaban J connectivity index is 3.52. The molecule has 1 heterocycles. The van der Waals surface area contributed by atoms with Crippen molar-refractivity contribution < 1.29 is 0 Å². The highest BCUT2D eigenvalue weighted by Gasteiger charge is 1.87. The van der Waals surface area contributed by atoms with Gasteiger partial charge in [0.1, 0.15) is 0 Å². The standard InChI is InChI=1S/C10H11N/c1-4-6-10-9(5-2)7-8(3)11-10/h1,5-7,11H,2-3H3/b9-5-,10-6+. The van der Waals surface area contributed by atoms with Gasteiger partial charge in [-0.25, -0.2) is 0 Å². The third kappa shape index (κ3) is 1.53. The van der Waals surface area contributed by atoms with E-state index in [9.17, 15) is 0 Å². The maximum atomic E-state index is 5.15. The van der Waals surface area contributed by atoms with E-state index in [4.69, 9.17) is 6.42 Å². The van der Waals surface area contributed by atoms with Crippen LogP contribution in [0.1, 0.15) is 12.6 Å². The average Bonchev–Trinajstić information content (AvgIpc) is 2.32. The van der Waals surface area contributed by atoms with Crippen LogP contribution in [0.5, 0.6) is 0 Å².